The summed E-state index contributed by atoms with van der Waals surface area (Å²) in [6.07, 6.45) is 5.06. The first-order valence-electron chi connectivity index (χ1n) is 10.6. The molecule has 0 spiro atoms. The zero-order valence-corrected chi connectivity index (χ0v) is 16.0. The summed E-state index contributed by atoms with van der Waals surface area (Å²) in [6, 6.07) is 18.4. The van der Waals surface area contributed by atoms with Gasteiger partial charge in [0.05, 0.1) is 0 Å². The average molecular weight is 363 g/mol. The quantitative estimate of drug-likeness (QED) is 0.853. The fraction of sp³-hybridized carbons (Fsp3) is 0.500. The summed E-state index contributed by atoms with van der Waals surface area (Å²) in [7, 11) is 0. The molecule has 3 heteroatoms. The highest BCUT2D eigenvalue weighted by Crippen LogP contribution is 2.49. The van der Waals surface area contributed by atoms with Gasteiger partial charge in [-0.1, -0.05) is 36.4 Å². The summed E-state index contributed by atoms with van der Waals surface area (Å²) < 4.78 is 5.87. The second-order valence-corrected chi connectivity index (χ2v) is 8.61. The first-order valence-corrected chi connectivity index (χ1v) is 10.6. The van der Waals surface area contributed by atoms with Crippen LogP contribution >= 0.6 is 0 Å². The zero-order chi connectivity index (χ0) is 18.2. The second-order valence-electron chi connectivity index (χ2n) is 8.61. The Balaban J connectivity index is 1.46. The molecule has 3 nitrogen and oxygen atoms in total. The summed E-state index contributed by atoms with van der Waals surface area (Å²) >= 11 is 0. The fourth-order valence-corrected chi connectivity index (χ4v) is 5.38. The summed E-state index contributed by atoms with van der Waals surface area (Å²) in [5.74, 6) is 3.50. The SMILES string of the molecule is NCCOc1ccc2c(c1)[C@H](Cc1ccccc1)[C@H](N1CC3CC3C1)CC2. The number of hydrogen-bond acceptors (Lipinski definition) is 3. The number of ether oxygens (including phenoxy) is 1. The Kier molecular flexibility index (Phi) is 4.66. The minimum atomic E-state index is 0.551. The number of hydrogen-bond donors (Lipinski definition) is 1. The molecule has 27 heavy (non-hydrogen) atoms. The standard InChI is InChI=1S/C24H30N2O/c25-10-11-27-21-8-6-18-7-9-24(26-15-19-13-20(19)16-26)23(22(18)14-21)12-17-4-2-1-3-5-17/h1-6,8,14,19-20,23-24H,7,9-13,15-16,25H2/t19?,20?,23-,24+/m0/s1. The van der Waals surface area contributed by atoms with Crippen molar-refractivity contribution in [2.45, 2.75) is 37.6 Å². The molecule has 5 rings (SSSR count). The van der Waals surface area contributed by atoms with Crippen LogP contribution in [-0.2, 0) is 12.8 Å². The Hall–Kier alpha value is -1.84. The van der Waals surface area contributed by atoms with E-state index in [2.05, 4.69) is 53.4 Å². The van der Waals surface area contributed by atoms with E-state index in [1.54, 1.807) is 0 Å². The van der Waals surface area contributed by atoms with E-state index in [-0.39, 0.29) is 0 Å². The number of fused-ring (bicyclic) bond motifs is 2. The van der Waals surface area contributed by atoms with Crippen molar-refractivity contribution in [3.05, 3.63) is 65.2 Å². The molecule has 3 aliphatic rings. The maximum atomic E-state index is 5.87. The molecule has 1 heterocycles. The van der Waals surface area contributed by atoms with Crippen molar-refractivity contribution >= 4 is 0 Å². The zero-order valence-electron chi connectivity index (χ0n) is 16.0. The van der Waals surface area contributed by atoms with Gasteiger partial charge >= 0.3 is 0 Å². The highest BCUT2D eigenvalue weighted by molar-refractivity contribution is 5.42. The molecule has 1 saturated heterocycles. The van der Waals surface area contributed by atoms with Crippen LogP contribution in [0.4, 0.5) is 0 Å². The van der Waals surface area contributed by atoms with Crippen molar-refractivity contribution < 1.29 is 4.74 Å². The molecule has 1 saturated carbocycles. The molecule has 142 valence electrons. The van der Waals surface area contributed by atoms with E-state index >= 15 is 0 Å². The normalized spacial score (nSPS) is 29.2. The Morgan fingerprint density at radius 3 is 2.63 bits per heavy atom. The van der Waals surface area contributed by atoms with Gasteiger partial charge in [-0.3, -0.25) is 4.90 Å². The number of piperidine rings is 1. The van der Waals surface area contributed by atoms with Crippen LogP contribution in [0.1, 0.15) is 35.4 Å². The Labute approximate surface area is 162 Å². The molecule has 0 aromatic heterocycles. The topological polar surface area (TPSA) is 38.5 Å². The molecular formula is C24H30N2O. The molecule has 0 amide bonds. The van der Waals surface area contributed by atoms with Gasteiger partial charge < -0.3 is 10.5 Å². The van der Waals surface area contributed by atoms with Gasteiger partial charge in [-0.2, -0.15) is 0 Å². The third-order valence-electron chi connectivity index (χ3n) is 6.85. The lowest BCUT2D eigenvalue weighted by atomic mass is 9.75. The van der Waals surface area contributed by atoms with Crippen molar-refractivity contribution in [1.82, 2.24) is 4.90 Å². The van der Waals surface area contributed by atoms with Gasteiger partial charge in [-0.05, 0) is 66.3 Å². The Morgan fingerprint density at radius 1 is 1.04 bits per heavy atom. The smallest absolute Gasteiger partial charge is 0.119 e. The van der Waals surface area contributed by atoms with Crippen LogP contribution in [0, 0.1) is 11.8 Å². The van der Waals surface area contributed by atoms with Gasteiger partial charge in [0, 0.05) is 31.6 Å². The molecule has 2 fully saturated rings. The lowest BCUT2D eigenvalue weighted by Crippen LogP contribution is -2.42. The van der Waals surface area contributed by atoms with Crippen LogP contribution < -0.4 is 10.5 Å². The van der Waals surface area contributed by atoms with Crippen LogP contribution in [0.15, 0.2) is 48.5 Å². The Morgan fingerprint density at radius 2 is 1.85 bits per heavy atom. The number of nitrogens with zero attached hydrogens (tertiary/aromatic N) is 1. The molecule has 2 aromatic carbocycles. The predicted molar refractivity (Wildman–Crippen MR) is 109 cm³/mol. The maximum Gasteiger partial charge on any atom is 0.119 e. The highest BCUT2D eigenvalue weighted by atomic mass is 16.5. The average Bonchev–Trinajstić information content (AvgIpc) is 3.32. The van der Waals surface area contributed by atoms with E-state index in [1.807, 2.05) is 0 Å². The van der Waals surface area contributed by atoms with Crippen LogP contribution in [0.5, 0.6) is 5.75 Å². The number of likely N-dealkylation sites (tertiary alicyclic amines) is 1. The highest BCUT2D eigenvalue weighted by Gasteiger charge is 2.48. The van der Waals surface area contributed by atoms with Crippen LogP contribution in [0.2, 0.25) is 0 Å². The molecule has 2 aromatic rings. The second kappa shape index (κ2) is 7.29. The van der Waals surface area contributed by atoms with Gasteiger partial charge in [-0.15, -0.1) is 0 Å². The molecule has 2 aliphatic carbocycles. The minimum Gasteiger partial charge on any atom is -0.492 e. The van der Waals surface area contributed by atoms with Crippen molar-refractivity contribution in [2.24, 2.45) is 17.6 Å². The van der Waals surface area contributed by atoms with Crippen molar-refractivity contribution in [3.8, 4) is 5.75 Å². The Bertz CT molecular complexity index is 780. The van der Waals surface area contributed by atoms with Crippen LogP contribution in [-0.4, -0.2) is 37.2 Å². The molecule has 2 unspecified atom stereocenters. The third kappa shape index (κ3) is 3.51. The number of nitrogens with two attached hydrogens (primary N) is 1. The molecule has 0 bridgehead atoms. The van der Waals surface area contributed by atoms with Crippen molar-refractivity contribution in [3.63, 3.8) is 0 Å². The molecule has 4 atom stereocenters. The largest absolute Gasteiger partial charge is 0.492 e. The third-order valence-corrected chi connectivity index (χ3v) is 6.85. The van der Waals surface area contributed by atoms with Gasteiger partial charge in [0.2, 0.25) is 0 Å². The van der Waals surface area contributed by atoms with E-state index in [1.165, 1.54) is 49.0 Å². The fourth-order valence-electron chi connectivity index (χ4n) is 5.38. The van der Waals surface area contributed by atoms with Gasteiger partial charge in [0.1, 0.15) is 12.4 Å². The van der Waals surface area contributed by atoms with Gasteiger partial charge in [0.25, 0.3) is 0 Å². The van der Waals surface area contributed by atoms with E-state index in [0.29, 0.717) is 25.1 Å². The van der Waals surface area contributed by atoms with Gasteiger partial charge in [-0.25, -0.2) is 0 Å². The summed E-state index contributed by atoms with van der Waals surface area (Å²) in [6.45, 7) is 3.78. The summed E-state index contributed by atoms with van der Waals surface area (Å²) in [5.41, 5.74) is 10.1. The molecule has 1 aliphatic heterocycles. The maximum absolute atomic E-state index is 5.87. The lowest BCUT2D eigenvalue weighted by Gasteiger charge is -2.40. The summed E-state index contributed by atoms with van der Waals surface area (Å²) in [4.78, 5) is 2.81. The predicted octanol–water partition coefficient (Wildman–Crippen LogP) is 3.62. The first-order chi connectivity index (χ1) is 13.3. The van der Waals surface area contributed by atoms with Crippen LogP contribution in [0.3, 0.4) is 0 Å². The number of aryl methyl sites for hydroxylation is 1. The van der Waals surface area contributed by atoms with E-state index in [4.69, 9.17) is 10.5 Å². The van der Waals surface area contributed by atoms with E-state index in [9.17, 15) is 0 Å². The van der Waals surface area contributed by atoms with E-state index in [0.717, 1.165) is 24.0 Å². The first kappa shape index (κ1) is 17.3. The monoisotopic (exact) mass is 362 g/mol. The number of rotatable bonds is 6. The molecule has 2 N–H and O–H groups in total. The van der Waals surface area contributed by atoms with Gasteiger partial charge in [0.15, 0.2) is 0 Å². The van der Waals surface area contributed by atoms with E-state index < -0.39 is 0 Å². The van der Waals surface area contributed by atoms with Crippen LogP contribution in [0.25, 0.3) is 0 Å². The van der Waals surface area contributed by atoms with Crippen molar-refractivity contribution in [2.75, 3.05) is 26.2 Å². The molecule has 0 radical (unpaired) electrons. The minimum absolute atomic E-state index is 0.551. The molecular weight excluding hydrogens is 332 g/mol. The van der Waals surface area contributed by atoms with Crippen molar-refractivity contribution in [1.29, 1.82) is 0 Å². The summed E-state index contributed by atoms with van der Waals surface area (Å²) in [5, 5.41) is 0. The number of benzene rings is 2. The lowest BCUT2D eigenvalue weighted by molar-refractivity contribution is 0.170.